The lowest BCUT2D eigenvalue weighted by atomic mass is 9.98. The van der Waals surface area contributed by atoms with E-state index in [4.69, 9.17) is 11.6 Å². The minimum Gasteiger partial charge on any atom is -0.299 e. The van der Waals surface area contributed by atoms with Crippen molar-refractivity contribution in [1.29, 1.82) is 0 Å². The molecule has 0 aromatic heterocycles. The highest BCUT2D eigenvalue weighted by Crippen LogP contribution is 2.27. The fourth-order valence-corrected chi connectivity index (χ4v) is 3.35. The van der Waals surface area contributed by atoms with Crippen molar-refractivity contribution in [2.45, 2.75) is 57.9 Å². The van der Waals surface area contributed by atoms with Crippen LogP contribution in [0.1, 0.15) is 54.7 Å². The van der Waals surface area contributed by atoms with Gasteiger partial charge in [-0.2, -0.15) is 0 Å². The monoisotopic (exact) mass is 279 g/mol. The molecule has 2 unspecified atom stereocenters. The van der Waals surface area contributed by atoms with Crippen molar-refractivity contribution in [2.24, 2.45) is 0 Å². The molecule has 2 heteroatoms. The summed E-state index contributed by atoms with van der Waals surface area (Å²) < 4.78 is 0. The highest BCUT2D eigenvalue weighted by Gasteiger charge is 2.23. The quantitative estimate of drug-likeness (QED) is 0.712. The lowest BCUT2D eigenvalue weighted by Crippen LogP contribution is -2.40. The third-order valence-electron chi connectivity index (χ3n) is 4.51. The van der Waals surface area contributed by atoms with Gasteiger partial charge in [0.2, 0.25) is 0 Å². The van der Waals surface area contributed by atoms with Crippen LogP contribution in [0.15, 0.2) is 18.2 Å². The van der Waals surface area contributed by atoms with E-state index in [-0.39, 0.29) is 5.38 Å². The van der Waals surface area contributed by atoms with Gasteiger partial charge in [0.15, 0.2) is 0 Å². The number of aryl methyl sites for hydroxylation is 2. The summed E-state index contributed by atoms with van der Waals surface area (Å²) in [5, 5.41) is 0.117. The van der Waals surface area contributed by atoms with E-state index in [1.807, 2.05) is 0 Å². The van der Waals surface area contributed by atoms with Crippen LogP contribution in [0.3, 0.4) is 0 Å². The van der Waals surface area contributed by atoms with Crippen LogP contribution < -0.4 is 0 Å². The largest absolute Gasteiger partial charge is 0.299 e. The van der Waals surface area contributed by atoms with E-state index in [2.05, 4.69) is 43.9 Å². The zero-order valence-electron chi connectivity index (χ0n) is 12.5. The molecular formula is C17H26ClN. The van der Waals surface area contributed by atoms with Crippen LogP contribution in [0.5, 0.6) is 0 Å². The van der Waals surface area contributed by atoms with Gasteiger partial charge in [-0.05, 0) is 56.3 Å². The number of alkyl halides is 1. The number of hydrogen-bond acceptors (Lipinski definition) is 1. The predicted molar refractivity (Wildman–Crippen MR) is 84.0 cm³/mol. The zero-order valence-corrected chi connectivity index (χ0v) is 13.2. The number of likely N-dealkylation sites (tertiary alicyclic amines) is 1. The fourth-order valence-electron chi connectivity index (χ4n) is 3.03. The molecule has 2 rings (SSSR count). The molecule has 0 aliphatic carbocycles. The molecule has 1 saturated heterocycles. The minimum atomic E-state index is 0.117. The van der Waals surface area contributed by atoms with E-state index < -0.39 is 0 Å². The first kappa shape index (κ1) is 14.9. The van der Waals surface area contributed by atoms with Crippen molar-refractivity contribution >= 4 is 11.6 Å². The Morgan fingerprint density at radius 1 is 1.26 bits per heavy atom. The van der Waals surface area contributed by atoms with Crippen LogP contribution in [0.2, 0.25) is 0 Å². The number of rotatable bonds is 4. The van der Waals surface area contributed by atoms with Crippen molar-refractivity contribution in [3.63, 3.8) is 0 Å². The Kier molecular flexibility index (Phi) is 5.29. The number of halogens is 1. The first-order valence-corrected chi connectivity index (χ1v) is 8.00. The third kappa shape index (κ3) is 3.73. The molecule has 19 heavy (non-hydrogen) atoms. The molecule has 0 bridgehead atoms. The molecule has 1 aliphatic heterocycles. The third-order valence-corrected chi connectivity index (χ3v) is 4.90. The average molecular weight is 280 g/mol. The second-order valence-electron chi connectivity index (χ2n) is 5.86. The van der Waals surface area contributed by atoms with Gasteiger partial charge in [0.25, 0.3) is 0 Å². The Morgan fingerprint density at radius 3 is 2.74 bits per heavy atom. The zero-order chi connectivity index (χ0) is 13.8. The van der Waals surface area contributed by atoms with Crippen LogP contribution in [0.25, 0.3) is 0 Å². The SMILES string of the molecule is CCC1CCCCN1CC(Cl)c1ccc(C)c(C)c1. The lowest BCUT2D eigenvalue weighted by molar-refractivity contribution is 0.144. The van der Waals surface area contributed by atoms with Crippen LogP contribution >= 0.6 is 11.6 Å². The summed E-state index contributed by atoms with van der Waals surface area (Å²) in [6.45, 7) is 8.82. The highest BCUT2D eigenvalue weighted by molar-refractivity contribution is 6.21. The van der Waals surface area contributed by atoms with E-state index in [0.717, 1.165) is 12.6 Å². The van der Waals surface area contributed by atoms with Gasteiger partial charge in [0, 0.05) is 12.6 Å². The number of hydrogen-bond donors (Lipinski definition) is 0. The Morgan fingerprint density at radius 2 is 2.05 bits per heavy atom. The Labute approximate surface area is 123 Å². The van der Waals surface area contributed by atoms with Gasteiger partial charge in [-0.25, -0.2) is 0 Å². The van der Waals surface area contributed by atoms with Gasteiger partial charge in [-0.3, -0.25) is 4.90 Å². The molecule has 1 nitrogen and oxygen atoms in total. The second kappa shape index (κ2) is 6.76. The highest BCUT2D eigenvalue weighted by atomic mass is 35.5. The van der Waals surface area contributed by atoms with E-state index in [9.17, 15) is 0 Å². The summed E-state index contributed by atoms with van der Waals surface area (Å²) in [6, 6.07) is 7.36. The van der Waals surface area contributed by atoms with Gasteiger partial charge in [0.05, 0.1) is 5.38 Å². The summed E-state index contributed by atoms with van der Waals surface area (Å²) in [7, 11) is 0. The van der Waals surface area contributed by atoms with Crippen LogP contribution in [-0.4, -0.2) is 24.0 Å². The molecule has 0 N–H and O–H groups in total. The van der Waals surface area contributed by atoms with Gasteiger partial charge in [-0.15, -0.1) is 11.6 Å². The molecule has 2 atom stereocenters. The molecule has 0 spiro atoms. The standard InChI is InChI=1S/C17H26ClN/c1-4-16-7-5-6-10-19(16)12-17(18)15-9-8-13(2)14(3)11-15/h8-9,11,16-17H,4-7,10,12H2,1-3H3. The van der Waals surface area contributed by atoms with E-state index >= 15 is 0 Å². The Hall–Kier alpha value is -0.530. The topological polar surface area (TPSA) is 3.24 Å². The first-order chi connectivity index (χ1) is 9.11. The summed E-state index contributed by atoms with van der Waals surface area (Å²) in [5.41, 5.74) is 3.95. The van der Waals surface area contributed by atoms with E-state index in [1.165, 1.54) is 48.9 Å². The molecular weight excluding hydrogens is 254 g/mol. The summed E-state index contributed by atoms with van der Waals surface area (Å²) in [6.07, 6.45) is 5.29. The van der Waals surface area contributed by atoms with Crippen molar-refractivity contribution < 1.29 is 0 Å². The molecule has 1 aromatic carbocycles. The van der Waals surface area contributed by atoms with Crippen molar-refractivity contribution in [3.8, 4) is 0 Å². The summed E-state index contributed by atoms with van der Waals surface area (Å²) in [5.74, 6) is 0. The van der Waals surface area contributed by atoms with Gasteiger partial charge < -0.3 is 0 Å². The summed E-state index contributed by atoms with van der Waals surface area (Å²) in [4.78, 5) is 2.59. The molecule has 1 aliphatic rings. The van der Waals surface area contributed by atoms with Crippen LogP contribution in [0.4, 0.5) is 0 Å². The normalized spacial score (nSPS) is 22.4. The predicted octanol–water partition coefficient (Wildman–Crippen LogP) is 4.85. The van der Waals surface area contributed by atoms with Gasteiger partial charge in [-0.1, -0.05) is 31.5 Å². The second-order valence-corrected chi connectivity index (χ2v) is 6.39. The van der Waals surface area contributed by atoms with Crippen LogP contribution in [0, 0.1) is 13.8 Å². The Bertz CT molecular complexity index is 416. The van der Waals surface area contributed by atoms with Crippen molar-refractivity contribution in [1.82, 2.24) is 4.90 Å². The van der Waals surface area contributed by atoms with Crippen molar-refractivity contribution in [2.75, 3.05) is 13.1 Å². The first-order valence-electron chi connectivity index (χ1n) is 7.57. The van der Waals surface area contributed by atoms with Gasteiger partial charge >= 0.3 is 0 Å². The molecule has 0 saturated carbocycles. The van der Waals surface area contributed by atoms with E-state index in [0.29, 0.717) is 0 Å². The summed E-state index contributed by atoms with van der Waals surface area (Å²) >= 11 is 6.64. The maximum Gasteiger partial charge on any atom is 0.0712 e. The number of piperidine rings is 1. The average Bonchev–Trinajstić information content (AvgIpc) is 2.42. The van der Waals surface area contributed by atoms with Crippen molar-refractivity contribution in [3.05, 3.63) is 34.9 Å². The maximum atomic E-state index is 6.64. The number of benzene rings is 1. The molecule has 106 valence electrons. The maximum absolute atomic E-state index is 6.64. The van der Waals surface area contributed by atoms with E-state index in [1.54, 1.807) is 0 Å². The molecule has 1 aromatic rings. The minimum absolute atomic E-state index is 0.117. The van der Waals surface area contributed by atoms with Crippen LogP contribution in [-0.2, 0) is 0 Å². The number of nitrogens with zero attached hydrogens (tertiary/aromatic N) is 1. The fraction of sp³-hybridized carbons (Fsp3) is 0.647. The molecule has 0 radical (unpaired) electrons. The molecule has 0 amide bonds. The lowest BCUT2D eigenvalue weighted by Gasteiger charge is -2.36. The Balaban J connectivity index is 2.02. The molecule has 1 fully saturated rings. The van der Waals surface area contributed by atoms with Gasteiger partial charge in [0.1, 0.15) is 0 Å². The molecule has 1 heterocycles. The smallest absolute Gasteiger partial charge is 0.0712 e.